The lowest BCUT2D eigenvalue weighted by Crippen LogP contribution is -1.93. The molecule has 336 valence electrons. The van der Waals surface area contributed by atoms with E-state index in [9.17, 15) is 0 Å². The van der Waals surface area contributed by atoms with Gasteiger partial charge in [0.25, 0.3) is 0 Å². The minimum atomic E-state index is 0.819. The Balaban J connectivity index is -0.0000000379. The molecule has 0 aromatic carbocycles. The summed E-state index contributed by atoms with van der Waals surface area (Å²) in [5, 5.41) is 3.39. The van der Waals surface area contributed by atoms with Crippen LogP contribution in [0.25, 0.3) is 0 Å². The quantitative estimate of drug-likeness (QED) is 0.0821. The van der Waals surface area contributed by atoms with Crippen molar-refractivity contribution >= 4 is 37.9 Å². The van der Waals surface area contributed by atoms with Crippen LogP contribution in [0.5, 0.6) is 0 Å². The molecule has 0 rings (SSSR count). The van der Waals surface area contributed by atoms with Crippen LogP contribution in [0, 0.1) is 0 Å². The summed E-state index contributed by atoms with van der Waals surface area (Å²) in [6.07, 6.45) is 43.1. The molecule has 56 heavy (non-hydrogen) atoms. The van der Waals surface area contributed by atoms with E-state index < -0.39 is 0 Å². The molecular weight excluding hydrogens is 751 g/mol. The molecule has 9 nitrogen and oxygen atoms in total. The molecule has 0 saturated carbocycles. The van der Waals surface area contributed by atoms with Gasteiger partial charge >= 0.3 is 0 Å². The van der Waals surface area contributed by atoms with E-state index in [1.807, 2.05) is 116 Å². The second kappa shape index (κ2) is 161. The molecule has 0 bridgehead atoms. The molecule has 0 aromatic heterocycles. The molecule has 0 radical (unpaired) electrons. The third kappa shape index (κ3) is 451. The van der Waals surface area contributed by atoms with Crippen molar-refractivity contribution in [1.82, 2.24) is 0 Å². The molecule has 0 aliphatic carbocycles. The van der Waals surface area contributed by atoms with Gasteiger partial charge in [-0.3, -0.25) is 0 Å². The number of allylic oxidation sites excluding steroid dienone is 16. The fourth-order valence-electron chi connectivity index (χ4n) is 0.687. The molecule has 12 heteroatoms. The highest BCUT2D eigenvalue weighted by Gasteiger charge is 1.57. The van der Waals surface area contributed by atoms with Crippen LogP contribution in [0.2, 0.25) is 0 Å². The van der Waals surface area contributed by atoms with E-state index in [0.29, 0.717) is 0 Å². The van der Waals surface area contributed by atoms with Gasteiger partial charge < -0.3 is 51.6 Å². The molecule has 0 aromatic rings. The molecule has 0 aliphatic rings. The van der Waals surface area contributed by atoms with Gasteiger partial charge in [0, 0.05) is 0 Å². The van der Waals surface area contributed by atoms with Crippen molar-refractivity contribution in [2.75, 3.05) is 25.4 Å². The largest absolute Gasteiger partial charge is 0.405 e. The van der Waals surface area contributed by atoms with Gasteiger partial charge in [-0.25, -0.2) is 0 Å². The number of nitrogens with two attached hydrogens (primary N) is 9. The predicted molar refractivity (Wildman–Crippen MR) is 280 cm³/mol. The summed E-state index contributed by atoms with van der Waals surface area (Å²) in [5.41, 5.74) is 44.6. The summed E-state index contributed by atoms with van der Waals surface area (Å²) in [6, 6.07) is 0. The number of rotatable bonds is 8. The van der Waals surface area contributed by atoms with E-state index in [1.165, 1.54) is 43.6 Å². The van der Waals surface area contributed by atoms with E-state index in [0.717, 1.165) is 44.6 Å². The van der Waals surface area contributed by atoms with Crippen LogP contribution in [-0.4, -0.2) is 25.4 Å². The van der Waals surface area contributed by atoms with E-state index in [-0.39, 0.29) is 0 Å². The summed E-state index contributed by atoms with van der Waals surface area (Å²) >= 11 is 11.5. The Morgan fingerprint density at radius 1 is 0.321 bits per heavy atom. The highest BCUT2D eigenvalue weighted by molar-refractivity contribution is 7.83. The highest BCUT2D eigenvalue weighted by atomic mass is 32.1. The molecule has 0 fully saturated rings. The molecule has 0 heterocycles. The maximum absolute atomic E-state index is 5.03. The number of thiol groups is 3. The Labute approximate surface area is 367 Å². The molecule has 0 unspecified atom stereocenters. The average Bonchev–Trinajstić information content (AvgIpc) is 3.27. The van der Waals surface area contributed by atoms with Crippen molar-refractivity contribution in [3.05, 3.63) is 145 Å². The Morgan fingerprint density at radius 2 is 0.500 bits per heavy atom. The molecule has 0 amide bonds. The highest BCUT2D eigenvalue weighted by Crippen LogP contribution is 1.77. The Hall–Kier alpha value is -3.39. The van der Waals surface area contributed by atoms with Crippen LogP contribution >= 0.6 is 37.9 Å². The van der Waals surface area contributed by atoms with Crippen LogP contribution < -0.4 is 51.6 Å². The minimum Gasteiger partial charge on any atom is -0.405 e. The first-order valence-electron chi connectivity index (χ1n) is 18.8. The lowest BCUT2D eigenvalue weighted by atomic mass is 10.5. The van der Waals surface area contributed by atoms with Gasteiger partial charge in [0.2, 0.25) is 0 Å². The maximum Gasteiger partial charge on any atom is -0.00625 e. The third-order valence-corrected chi connectivity index (χ3v) is 4.37. The SMILES string of the molecule is C/C=C/C=C/N.C/C=C/C=C/N.C/C=C/C=C/N.C/C=C/C=C/S.C/C=C/N.C/C=C/N.C/C=C/N.C/C=C/S.CCCN.CCCN.CCCN.CCCS. The zero-order valence-electron chi connectivity index (χ0n) is 38.1. The number of hydrogen-bond acceptors (Lipinski definition) is 12. The van der Waals surface area contributed by atoms with Gasteiger partial charge in [0.1, 0.15) is 0 Å². The summed E-state index contributed by atoms with van der Waals surface area (Å²) in [4.78, 5) is 0. The summed E-state index contributed by atoms with van der Waals surface area (Å²) in [5.74, 6) is 1.01. The van der Waals surface area contributed by atoms with E-state index >= 15 is 0 Å². The molecule has 0 saturated heterocycles. The van der Waals surface area contributed by atoms with Crippen LogP contribution in [0.15, 0.2) is 145 Å². The fraction of sp³-hybridized carbons (Fsp3) is 0.455. The van der Waals surface area contributed by atoms with Crippen molar-refractivity contribution in [2.24, 2.45) is 51.6 Å². The number of hydrogen-bond donors (Lipinski definition) is 12. The second-order valence-corrected chi connectivity index (χ2v) is 9.79. The van der Waals surface area contributed by atoms with Crippen molar-refractivity contribution in [1.29, 1.82) is 0 Å². The van der Waals surface area contributed by atoms with Crippen molar-refractivity contribution in [2.45, 2.75) is 109 Å². The van der Waals surface area contributed by atoms with Gasteiger partial charge in [-0.1, -0.05) is 107 Å². The average molecular weight is 849 g/mol. The first kappa shape index (κ1) is 85.0. The van der Waals surface area contributed by atoms with Gasteiger partial charge in [0.15, 0.2) is 0 Å². The van der Waals surface area contributed by atoms with Gasteiger partial charge in [0.05, 0.1) is 0 Å². The zero-order chi connectivity index (χ0) is 46.6. The molecule has 0 spiro atoms. The molecule has 0 aliphatic heterocycles. The topological polar surface area (TPSA) is 234 Å². The summed E-state index contributed by atoms with van der Waals surface area (Å²) in [6.45, 7) is 26.1. The van der Waals surface area contributed by atoms with Crippen molar-refractivity contribution in [3.63, 3.8) is 0 Å². The van der Waals surface area contributed by atoms with Crippen LogP contribution in [0.3, 0.4) is 0 Å². The Morgan fingerprint density at radius 3 is 0.536 bits per heavy atom. The molecule has 18 N–H and O–H groups in total. The van der Waals surface area contributed by atoms with Gasteiger partial charge in [-0.2, -0.15) is 37.9 Å². The standard InChI is InChI=1S/3C5H9N.C5H8S.3C3H9N.3C3H7N.C3H8S.C3H6S/c4*1-2-3-4-5-6;8*1-2-3-4/h3*2-5H,6H2,1H3;2-6H,1H3;3*2-4H2,1H3;3*2-3H,4H2,1H3;4H,2-3H2,1H3;2-4H,1H3/b4*3-2+,5-4+;;;;3*3-2+;;3-2+. The Kier molecular flexibility index (Phi) is 245. The van der Waals surface area contributed by atoms with Crippen LogP contribution in [0.1, 0.15) is 109 Å². The molecule has 0 atom stereocenters. The van der Waals surface area contributed by atoms with Crippen LogP contribution in [0.4, 0.5) is 0 Å². The smallest absolute Gasteiger partial charge is 0.00625 e. The van der Waals surface area contributed by atoms with E-state index in [2.05, 4.69) is 65.6 Å². The van der Waals surface area contributed by atoms with Gasteiger partial charge in [-0.15, -0.1) is 0 Å². The van der Waals surface area contributed by atoms with Crippen molar-refractivity contribution < 1.29 is 0 Å². The molecular formula is C44H97N9S3. The van der Waals surface area contributed by atoms with Crippen molar-refractivity contribution in [3.8, 4) is 0 Å². The predicted octanol–water partition coefficient (Wildman–Crippen LogP) is 10.4. The third-order valence-electron chi connectivity index (χ3n) is 3.45. The fourth-order valence-corrected chi connectivity index (χ4v) is 0.786. The van der Waals surface area contributed by atoms with Gasteiger partial charge in [-0.05, 0) is 173 Å². The maximum atomic E-state index is 5.03. The normalized spacial score (nSPS) is 9.75. The zero-order valence-corrected chi connectivity index (χ0v) is 40.7. The van der Waals surface area contributed by atoms with E-state index in [4.69, 9.17) is 51.6 Å². The van der Waals surface area contributed by atoms with E-state index in [1.54, 1.807) is 47.3 Å². The second-order valence-electron chi connectivity index (χ2n) is 8.75. The van der Waals surface area contributed by atoms with Crippen LogP contribution in [-0.2, 0) is 0 Å². The first-order chi connectivity index (χ1) is 27.0. The summed E-state index contributed by atoms with van der Waals surface area (Å²) < 4.78 is 0. The summed E-state index contributed by atoms with van der Waals surface area (Å²) in [7, 11) is 0. The Bertz CT molecular complexity index is 632. The first-order valence-corrected chi connectivity index (χ1v) is 20.5. The lowest BCUT2D eigenvalue weighted by molar-refractivity contribution is 0.932. The lowest BCUT2D eigenvalue weighted by Gasteiger charge is -1.70. The minimum absolute atomic E-state index is 0.819. The monoisotopic (exact) mass is 848 g/mol.